The van der Waals surface area contributed by atoms with E-state index in [0.717, 1.165) is 37.3 Å². The van der Waals surface area contributed by atoms with E-state index in [1.165, 1.54) is 6.07 Å². The van der Waals surface area contributed by atoms with Crippen LogP contribution in [0.1, 0.15) is 23.6 Å². The van der Waals surface area contributed by atoms with Crippen LogP contribution < -0.4 is 5.32 Å². The zero-order chi connectivity index (χ0) is 13.0. The molecule has 0 aliphatic carbocycles. The second-order valence-corrected chi connectivity index (χ2v) is 4.66. The Kier molecular flexibility index (Phi) is 4.29. The Bertz CT molecular complexity index is 447. The van der Waals surface area contributed by atoms with Crippen LogP contribution in [0.5, 0.6) is 0 Å². The molecule has 1 fully saturated rings. The monoisotopic (exact) mass is 247 g/mol. The van der Waals surface area contributed by atoms with Gasteiger partial charge in [-0.15, -0.1) is 0 Å². The minimum Gasteiger partial charge on any atom is -0.314 e. The number of piperazine rings is 1. The predicted molar refractivity (Wildman–Crippen MR) is 68.6 cm³/mol. The summed E-state index contributed by atoms with van der Waals surface area (Å²) in [5.74, 6) is -0.228. The number of halogens is 1. The molecule has 3 nitrogen and oxygen atoms in total. The maximum atomic E-state index is 13.4. The Morgan fingerprint density at radius 2 is 2.17 bits per heavy atom. The fourth-order valence-electron chi connectivity index (χ4n) is 2.49. The van der Waals surface area contributed by atoms with Gasteiger partial charge >= 0.3 is 0 Å². The Labute approximate surface area is 107 Å². The van der Waals surface area contributed by atoms with Gasteiger partial charge in [0.25, 0.3) is 0 Å². The van der Waals surface area contributed by atoms with E-state index in [0.29, 0.717) is 6.42 Å². The van der Waals surface area contributed by atoms with Crippen LogP contribution in [-0.4, -0.2) is 31.1 Å². The lowest BCUT2D eigenvalue weighted by molar-refractivity contribution is 0.175. The molecule has 0 unspecified atom stereocenters. The highest BCUT2D eigenvalue weighted by Crippen LogP contribution is 2.27. The van der Waals surface area contributed by atoms with Gasteiger partial charge in [-0.2, -0.15) is 5.26 Å². The summed E-state index contributed by atoms with van der Waals surface area (Å²) in [5.41, 5.74) is 1.99. The van der Waals surface area contributed by atoms with Crippen LogP contribution in [-0.2, 0) is 0 Å². The molecule has 1 aromatic rings. The van der Waals surface area contributed by atoms with Gasteiger partial charge in [0.2, 0.25) is 0 Å². The third-order valence-electron chi connectivity index (χ3n) is 3.48. The van der Waals surface area contributed by atoms with Crippen LogP contribution in [0.3, 0.4) is 0 Å². The molecular weight excluding hydrogens is 229 g/mol. The second-order valence-electron chi connectivity index (χ2n) is 4.66. The highest BCUT2D eigenvalue weighted by molar-refractivity contribution is 5.30. The summed E-state index contributed by atoms with van der Waals surface area (Å²) >= 11 is 0. The van der Waals surface area contributed by atoms with E-state index in [2.05, 4.69) is 16.3 Å². The third-order valence-corrected chi connectivity index (χ3v) is 3.48. The van der Waals surface area contributed by atoms with Crippen molar-refractivity contribution in [3.05, 3.63) is 35.1 Å². The number of nitriles is 1. The van der Waals surface area contributed by atoms with Gasteiger partial charge in [-0.1, -0.05) is 6.07 Å². The van der Waals surface area contributed by atoms with Gasteiger partial charge in [0.1, 0.15) is 5.82 Å². The first-order valence-corrected chi connectivity index (χ1v) is 6.30. The van der Waals surface area contributed by atoms with E-state index in [1.54, 1.807) is 12.1 Å². The molecule has 1 atom stereocenters. The van der Waals surface area contributed by atoms with Crippen molar-refractivity contribution in [1.82, 2.24) is 10.2 Å². The van der Waals surface area contributed by atoms with E-state index in [9.17, 15) is 4.39 Å². The van der Waals surface area contributed by atoms with E-state index in [1.807, 2.05) is 6.92 Å². The summed E-state index contributed by atoms with van der Waals surface area (Å²) in [6, 6.07) is 7.06. The molecule has 0 radical (unpaired) electrons. The fraction of sp³-hybridized carbons (Fsp3) is 0.500. The molecule has 4 heteroatoms. The first-order valence-electron chi connectivity index (χ1n) is 6.30. The Hall–Kier alpha value is -1.44. The summed E-state index contributed by atoms with van der Waals surface area (Å²) in [5, 5.41) is 12.3. The number of hydrogen-bond donors (Lipinski definition) is 1. The third kappa shape index (κ3) is 2.87. The van der Waals surface area contributed by atoms with E-state index >= 15 is 0 Å². The van der Waals surface area contributed by atoms with Gasteiger partial charge in [-0.25, -0.2) is 4.39 Å². The molecule has 0 spiro atoms. The molecule has 1 heterocycles. The lowest BCUT2D eigenvalue weighted by atomic mass is 9.97. The van der Waals surface area contributed by atoms with Crippen LogP contribution >= 0.6 is 0 Å². The Balaban J connectivity index is 2.28. The van der Waals surface area contributed by atoms with E-state index in [4.69, 9.17) is 5.26 Å². The standard InChI is InChI=1S/C14H18FN3/c1-11-2-3-12(15)10-13(11)14(4-5-16)18-8-6-17-7-9-18/h2-3,10,14,17H,4,6-9H2,1H3/t14-/m1/s1. The Morgan fingerprint density at radius 1 is 1.44 bits per heavy atom. The summed E-state index contributed by atoms with van der Waals surface area (Å²) in [7, 11) is 0. The molecule has 18 heavy (non-hydrogen) atoms. The average Bonchev–Trinajstić information content (AvgIpc) is 2.40. The van der Waals surface area contributed by atoms with Crippen molar-refractivity contribution in [2.45, 2.75) is 19.4 Å². The van der Waals surface area contributed by atoms with Crippen LogP contribution in [0.15, 0.2) is 18.2 Å². The molecule has 1 aromatic carbocycles. The highest BCUT2D eigenvalue weighted by Gasteiger charge is 2.23. The van der Waals surface area contributed by atoms with Crippen molar-refractivity contribution < 1.29 is 4.39 Å². The van der Waals surface area contributed by atoms with Crippen molar-refractivity contribution in [3.8, 4) is 6.07 Å². The van der Waals surface area contributed by atoms with Crippen molar-refractivity contribution in [3.63, 3.8) is 0 Å². The van der Waals surface area contributed by atoms with Gasteiger partial charge in [0.05, 0.1) is 12.5 Å². The lowest BCUT2D eigenvalue weighted by Crippen LogP contribution is -2.45. The quantitative estimate of drug-likeness (QED) is 0.888. The minimum atomic E-state index is -0.228. The largest absolute Gasteiger partial charge is 0.314 e. The topological polar surface area (TPSA) is 39.1 Å². The number of benzene rings is 1. The second kappa shape index (κ2) is 5.94. The van der Waals surface area contributed by atoms with Crippen LogP contribution in [0, 0.1) is 24.1 Å². The van der Waals surface area contributed by atoms with Crippen LogP contribution in [0.4, 0.5) is 4.39 Å². The molecule has 1 aliphatic heterocycles. The van der Waals surface area contributed by atoms with Gasteiger partial charge in [0, 0.05) is 32.2 Å². The maximum Gasteiger partial charge on any atom is 0.123 e. The molecule has 1 N–H and O–H groups in total. The number of hydrogen-bond acceptors (Lipinski definition) is 3. The minimum absolute atomic E-state index is 0.00722. The Morgan fingerprint density at radius 3 is 2.83 bits per heavy atom. The van der Waals surface area contributed by atoms with Crippen molar-refractivity contribution in [1.29, 1.82) is 5.26 Å². The van der Waals surface area contributed by atoms with Gasteiger partial charge in [0.15, 0.2) is 0 Å². The molecule has 0 bridgehead atoms. The number of rotatable bonds is 3. The summed E-state index contributed by atoms with van der Waals surface area (Å²) in [6.07, 6.45) is 0.407. The zero-order valence-electron chi connectivity index (χ0n) is 10.6. The van der Waals surface area contributed by atoms with Gasteiger partial charge in [-0.05, 0) is 30.2 Å². The smallest absolute Gasteiger partial charge is 0.123 e. The maximum absolute atomic E-state index is 13.4. The molecule has 2 rings (SSSR count). The predicted octanol–water partition coefficient (Wildman–Crippen LogP) is 1.99. The molecule has 0 saturated carbocycles. The fourth-order valence-corrected chi connectivity index (χ4v) is 2.49. The molecular formula is C14H18FN3. The first kappa shape index (κ1) is 13.0. The first-order chi connectivity index (χ1) is 8.72. The van der Waals surface area contributed by atoms with Crippen molar-refractivity contribution >= 4 is 0 Å². The average molecular weight is 247 g/mol. The summed E-state index contributed by atoms with van der Waals surface area (Å²) in [4.78, 5) is 2.27. The molecule has 1 aliphatic rings. The summed E-state index contributed by atoms with van der Waals surface area (Å²) < 4.78 is 13.4. The van der Waals surface area contributed by atoms with E-state index < -0.39 is 0 Å². The normalized spacial score (nSPS) is 18.3. The number of nitrogens with one attached hydrogen (secondary N) is 1. The molecule has 0 aromatic heterocycles. The summed E-state index contributed by atoms with van der Waals surface area (Å²) in [6.45, 7) is 5.64. The molecule has 1 saturated heterocycles. The van der Waals surface area contributed by atoms with Gasteiger partial charge in [-0.3, -0.25) is 4.90 Å². The molecule has 96 valence electrons. The number of nitrogens with zero attached hydrogens (tertiary/aromatic N) is 2. The van der Waals surface area contributed by atoms with Crippen molar-refractivity contribution in [2.24, 2.45) is 0 Å². The van der Waals surface area contributed by atoms with E-state index in [-0.39, 0.29) is 11.9 Å². The van der Waals surface area contributed by atoms with Crippen LogP contribution in [0.2, 0.25) is 0 Å². The van der Waals surface area contributed by atoms with Gasteiger partial charge < -0.3 is 5.32 Å². The number of aryl methyl sites for hydroxylation is 1. The van der Waals surface area contributed by atoms with Crippen LogP contribution in [0.25, 0.3) is 0 Å². The molecule has 0 amide bonds. The zero-order valence-corrected chi connectivity index (χ0v) is 10.6. The lowest BCUT2D eigenvalue weighted by Gasteiger charge is -2.34. The SMILES string of the molecule is Cc1ccc(F)cc1[C@@H](CC#N)N1CCNCC1. The highest BCUT2D eigenvalue weighted by atomic mass is 19.1. The van der Waals surface area contributed by atoms with Crippen molar-refractivity contribution in [2.75, 3.05) is 26.2 Å².